The molecular formula is C13H24N2OS. The van der Waals surface area contributed by atoms with Crippen LogP contribution in [0.4, 0.5) is 0 Å². The largest absolute Gasteiger partial charge is 0.396 e. The number of aliphatic hydroxyl groups is 1. The summed E-state index contributed by atoms with van der Waals surface area (Å²) in [5.74, 6) is 1.27. The molecular weight excluding hydrogens is 232 g/mol. The number of rotatable bonds is 8. The van der Waals surface area contributed by atoms with Gasteiger partial charge < -0.3 is 10.4 Å². The Labute approximate surface area is 108 Å². The molecule has 0 radical (unpaired) electrons. The van der Waals surface area contributed by atoms with Crippen molar-refractivity contribution in [2.45, 2.75) is 40.2 Å². The monoisotopic (exact) mass is 256 g/mol. The topological polar surface area (TPSA) is 45.2 Å². The highest BCUT2D eigenvalue weighted by molar-refractivity contribution is 7.09. The first-order chi connectivity index (χ1) is 8.13. The number of hydrogen-bond donors (Lipinski definition) is 2. The maximum absolute atomic E-state index is 9.04. The molecule has 0 aliphatic carbocycles. The van der Waals surface area contributed by atoms with E-state index < -0.39 is 0 Å². The SMILES string of the molecule is Cc1ncsc1CNCC(CCO)CC(C)C. The zero-order valence-electron chi connectivity index (χ0n) is 11.1. The molecule has 0 aliphatic rings. The maximum atomic E-state index is 9.04. The van der Waals surface area contributed by atoms with Gasteiger partial charge in [0.15, 0.2) is 0 Å². The third kappa shape index (κ3) is 5.61. The summed E-state index contributed by atoms with van der Waals surface area (Å²) < 4.78 is 0. The molecule has 0 amide bonds. The molecule has 2 N–H and O–H groups in total. The standard InChI is InChI=1S/C13H24N2OS/c1-10(2)6-12(4-5-16)7-14-8-13-11(3)15-9-17-13/h9-10,12,14,16H,4-8H2,1-3H3. The van der Waals surface area contributed by atoms with E-state index in [0.29, 0.717) is 18.4 Å². The fourth-order valence-electron chi connectivity index (χ4n) is 2.04. The van der Waals surface area contributed by atoms with Crippen LogP contribution in [0, 0.1) is 18.8 Å². The maximum Gasteiger partial charge on any atom is 0.0798 e. The van der Waals surface area contributed by atoms with Crippen molar-refractivity contribution in [3.63, 3.8) is 0 Å². The zero-order chi connectivity index (χ0) is 12.7. The van der Waals surface area contributed by atoms with Crippen LogP contribution in [0.5, 0.6) is 0 Å². The fraction of sp³-hybridized carbons (Fsp3) is 0.769. The molecule has 98 valence electrons. The van der Waals surface area contributed by atoms with E-state index in [0.717, 1.165) is 25.2 Å². The number of thiazole rings is 1. The molecule has 1 atom stereocenters. The van der Waals surface area contributed by atoms with Crippen molar-refractivity contribution in [2.24, 2.45) is 11.8 Å². The smallest absolute Gasteiger partial charge is 0.0798 e. The number of nitrogens with one attached hydrogen (secondary N) is 1. The molecule has 1 rings (SSSR count). The van der Waals surface area contributed by atoms with Gasteiger partial charge in [-0.1, -0.05) is 13.8 Å². The van der Waals surface area contributed by atoms with Gasteiger partial charge in [0.25, 0.3) is 0 Å². The van der Waals surface area contributed by atoms with E-state index in [1.807, 2.05) is 12.4 Å². The molecule has 1 aromatic heterocycles. The van der Waals surface area contributed by atoms with Gasteiger partial charge in [-0.3, -0.25) is 0 Å². The van der Waals surface area contributed by atoms with Crippen LogP contribution in [0.3, 0.4) is 0 Å². The first-order valence-electron chi connectivity index (χ1n) is 6.34. The van der Waals surface area contributed by atoms with Crippen LogP contribution < -0.4 is 5.32 Å². The van der Waals surface area contributed by atoms with Crippen LogP contribution in [0.25, 0.3) is 0 Å². The minimum Gasteiger partial charge on any atom is -0.396 e. The average molecular weight is 256 g/mol. The van der Waals surface area contributed by atoms with E-state index in [1.165, 1.54) is 11.3 Å². The lowest BCUT2D eigenvalue weighted by molar-refractivity contribution is 0.239. The first kappa shape index (κ1) is 14.6. The summed E-state index contributed by atoms with van der Waals surface area (Å²) in [6, 6.07) is 0. The van der Waals surface area contributed by atoms with Gasteiger partial charge in [0.2, 0.25) is 0 Å². The molecule has 0 fully saturated rings. The van der Waals surface area contributed by atoms with Crippen molar-refractivity contribution in [3.8, 4) is 0 Å². The Balaban J connectivity index is 2.29. The van der Waals surface area contributed by atoms with Crippen LogP contribution in [-0.2, 0) is 6.54 Å². The molecule has 1 unspecified atom stereocenters. The van der Waals surface area contributed by atoms with E-state index in [9.17, 15) is 0 Å². The summed E-state index contributed by atoms with van der Waals surface area (Å²) in [5.41, 5.74) is 3.02. The molecule has 1 heterocycles. The van der Waals surface area contributed by atoms with Crippen molar-refractivity contribution >= 4 is 11.3 Å². The Morgan fingerprint density at radius 1 is 1.47 bits per heavy atom. The summed E-state index contributed by atoms with van der Waals surface area (Å²) in [4.78, 5) is 5.55. The van der Waals surface area contributed by atoms with E-state index in [4.69, 9.17) is 5.11 Å². The van der Waals surface area contributed by atoms with Gasteiger partial charge in [0.05, 0.1) is 11.2 Å². The lowest BCUT2D eigenvalue weighted by Crippen LogP contribution is -2.24. The zero-order valence-corrected chi connectivity index (χ0v) is 11.9. The number of aryl methyl sites for hydroxylation is 1. The summed E-state index contributed by atoms with van der Waals surface area (Å²) in [5, 5.41) is 12.5. The Kier molecular flexibility index (Phi) is 6.70. The summed E-state index contributed by atoms with van der Waals surface area (Å²) in [6.07, 6.45) is 2.07. The quantitative estimate of drug-likeness (QED) is 0.751. The van der Waals surface area contributed by atoms with Crippen molar-refractivity contribution < 1.29 is 5.11 Å². The molecule has 4 heteroatoms. The third-order valence-corrected chi connectivity index (χ3v) is 3.84. The van der Waals surface area contributed by atoms with E-state index in [1.54, 1.807) is 11.3 Å². The van der Waals surface area contributed by atoms with Gasteiger partial charge in [0, 0.05) is 18.0 Å². The highest BCUT2D eigenvalue weighted by Crippen LogP contribution is 2.15. The van der Waals surface area contributed by atoms with Gasteiger partial charge in [-0.2, -0.15) is 0 Å². The number of aromatic nitrogens is 1. The second kappa shape index (κ2) is 7.80. The Morgan fingerprint density at radius 2 is 2.24 bits per heavy atom. The van der Waals surface area contributed by atoms with Gasteiger partial charge in [-0.05, 0) is 38.1 Å². The van der Waals surface area contributed by atoms with Crippen molar-refractivity contribution in [1.82, 2.24) is 10.3 Å². The first-order valence-corrected chi connectivity index (χ1v) is 7.22. The molecule has 0 bridgehead atoms. The fourth-order valence-corrected chi connectivity index (χ4v) is 2.78. The van der Waals surface area contributed by atoms with Crippen LogP contribution in [0.15, 0.2) is 5.51 Å². The van der Waals surface area contributed by atoms with E-state index in [-0.39, 0.29) is 0 Å². The van der Waals surface area contributed by atoms with Crippen LogP contribution in [0.2, 0.25) is 0 Å². The summed E-state index contributed by atoms with van der Waals surface area (Å²) in [6.45, 7) is 8.69. The van der Waals surface area contributed by atoms with Crippen LogP contribution in [0.1, 0.15) is 37.3 Å². The van der Waals surface area contributed by atoms with Gasteiger partial charge in [-0.15, -0.1) is 11.3 Å². The number of nitrogens with zero attached hydrogens (tertiary/aromatic N) is 1. The van der Waals surface area contributed by atoms with Crippen molar-refractivity contribution in [1.29, 1.82) is 0 Å². The highest BCUT2D eigenvalue weighted by atomic mass is 32.1. The number of aliphatic hydroxyl groups excluding tert-OH is 1. The van der Waals surface area contributed by atoms with E-state index in [2.05, 4.69) is 24.1 Å². The lowest BCUT2D eigenvalue weighted by Gasteiger charge is -2.18. The minimum absolute atomic E-state index is 0.290. The second-order valence-electron chi connectivity index (χ2n) is 5.00. The minimum atomic E-state index is 0.290. The van der Waals surface area contributed by atoms with Gasteiger partial charge >= 0.3 is 0 Å². The molecule has 3 nitrogen and oxygen atoms in total. The predicted octanol–water partition coefficient (Wildman–Crippen LogP) is 2.59. The van der Waals surface area contributed by atoms with Gasteiger partial charge in [-0.25, -0.2) is 4.98 Å². The number of hydrogen-bond acceptors (Lipinski definition) is 4. The lowest BCUT2D eigenvalue weighted by atomic mass is 9.94. The third-order valence-electron chi connectivity index (χ3n) is 2.91. The summed E-state index contributed by atoms with van der Waals surface area (Å²) in [7, 11) is 0. The average Bonchev–Trinajstić information content (AvgIpc) is 2.64. The summed E-state index contributed by atoms with van der Waals surface area (Å²) >= 11 is 1.71. The van der Waals surface area contributed by atoms with Crippen molar-refractivity contribution in [3.05, 3.63) is 16.1 Å². The Bertz CT molecular complexity index is 312. The molecule has 0 saturated carbocycles. The second-order valence-corrected chi connectivity index (χ2v) is 5.94. The van der Waals surface area contributed by atoms with Crippen molar-refractivity contribution in [2.75, 3.05) is 13.2 Å². The van der Waals surface area contributed by atoms with Crippen LogP contribution >= 0.6 is 11.3 Å². The molecule has 0 saturated heterocycles. The highest BCUT2D eigenvalue weighted by Gasteiger charge is 2.10. The van der Waals surface area contributed by atoms with E-state index >= 15 is 0 Å². The predicted molar refractivity (Wildman–Crippen MR) is 73.2 cm³/mol. The molecule has 0 spiro atoms. The Morgan fingerprint density at radius 3 is 2.76 bits per heavy atom. The molecule has 0 aromatic carbocycles. The van der Waals surface area contributed by atoms with Gasteiger partial charge in [0.1, 0.15) is 0 Å². The molecule has 1 aromatic rings. The Hall–Kier alpha value is -0.450. The molecule has 0 aliphatic heterocycles. The van der Waals surface area contributed by atoms with Crippen LogP contribution in [-0.4, -0.2) is 23.2 Å². The normalized spacial score (nSPS) is 13.2. The molecule has 17 heavy (non-hydrogen) atoms.